The van der Waals surface area contributed by atoms with Crippen molar-refractivity contribution in [3.63, 3.8) is 0 Å². The monoisotopic (exact) mass is 337 g/mol. The zero-order chi connectivity index (χ0) is 16.8. The van der Waals surface area contributed by atoms with Gasteiger partial charge in [0.1, 0.15) is 5.01 Å². The van der Waals surface area contributed by atoms with Gasteiger partial charge in [0.25, 0.3) is 0 Å². The summed E-state index contributed by atoms with van der Waals surface area (Å²) in [4.78, 5) is 12.2. The first-order chi connectivity index (χ1) is 11.7. The van der Waals surface area contributed by atoms with Crippen molar-refractivity contribution in [1.29, 1.82) is 0 Å². The number of benzene rings is 2. The first kappa shape index (κ1) is 16.3. The molecule has 0 aliphatic carbocycles. The molecule has 3 rings (SSSR count). The highest BCUT2D eigenvalue weighted by Crippen LogP contribution is 2.22. The molecule has 1 atom stereocenters. The number of nitrogens with zero attached hydrogens (tertiary/aromatic N) is 2. The molecule has 3 aromatic rings. The molecule has 0 unspecified atom stereocenters. The fraction of sp³-hybridized carbons (Fsp3) is 0.211. The molecule has 0 spiro atoms. The SMILES string of the molecule is C[C@@H](CC(=O)Nc1nnc(Cc2ccccc2)s1)c1ccccc1. The van der Waals surface area contributed by atoms with Crippen LogP contribution in [0.25, 0.3) is 0 Å². The van der Waals surface area contributed by atoms with Crippen LogP contribution in [0.4, 0.5) is 5.13 Å². The lowest BCUT2D eigenvalue weighted by molar-refractivity contribution is -0.116. The van der Waals surface area contributed by atoms with Gasteiger partial charge in [-0.3, -0.25) is 4.79 Å². The van der Waals surface area contributed by atoms with Crippen LogP contribution in [0.1, 0.15) is 35.4 Å². The molecule has 0 saturated heterocycles. The summed E-state index contributed by atoms with van der Waals surface area (Å²) in [7, 11) is 0. The molecule has 0 aliphatic heterocycles. The average Bonchev–Trinajstić information content (AvgIpc) is 3.03. The largest absolute Gasteiger partial charge is 0.301 e. The van der Waals surface area contributed by atoms with Crippen molar-refractivity contribution in [2.45, 2.75) is 25.7 Å². The van der Waals surface area contributed by atoms with E-state index >= 15 is 0 Å². The number of aromatic nitrogens is 2. The van der Waals surface area contributed by atoms with Gasteiger partial charge in [-0.2, -0.15) is 0 Å². The van der Waals surface area contributed by atoms with Gasteiger partial charge in [0, 0.05) is 12.8 Å². The molecule has 0 fully saturated rings. The van der Waals surface area contributed by atoms with Gasteiger partial charge >= 0.3 is 0 Å². The van der Waals surface area contributed by atoms with Crippen LogP contribution in [0.2, 0.25) is 0 Å². The lowest BCUT2D eigenvalue weighted by Crippen LogP contribution is -2.14. The number of hydrogen-bond donors (Lipinski definition) is 1. The van der Waals surface area contributed by atoms with E-state index in [1.807, 2.05) is 48.5 Å². The highest BCUT2D eigenvalue weighted by atomic mass is 32.1. The number of amides is 1. The Bertz CT molecular complexity index is 787. The Morgan fingerprint density at radius 3 is 2.42 bits per heavy atom. The number of rotatable bonds is 6. The Balaban J connectivity index is 1.55. The molecule has 2 aromatic carbocycles. The maximum Gasteiger partial charge on any atom is 0.226 e. The van der Waals surface area contributed by atoms with Crippen molar-refractivity contribution < 1.29 is 4.79 Å². The van der Waals surface area contributed by atoms with Crippen molar-refractivity contribution in [2.24, 2.45) is 0 Å². The van der Waals surface area contributed by atoms with Gasteiger partial charge in [-0.15, -0.1) is 10.2 Å². The summed E-state index contributed by atoms with van der Waals surface area (Å²) < 4.78 is 0. The minimum absolute atomic E-state index is 0.0336. The molecular weight excluding hydrogens is 318 g/mol. The molecule has 0 aliphatic rings. The minimum Gasteiger partial charge on any atom is -0.301 e. The van der Waals surface area contributed by atoms with E-state index in [4.69, 9.17) is 0 Å². The highest BCUT2D eigenvalue weighted by molar-refractivity contribution is 7.15. The summed E-state index contributed by atoms with van der Waals surface area (Å²) in [6.07, 6.45) is 1.16. The number of carbonyl (C=O) groups excluding carboxylic acids is 1. The molecule has 122 valence electrons. The standard InChI is InChI=1S/C19H19N3OS/c1-14(16-10-6-3-7-11-16)12-17(23)20-19-22-21-18(24-19)13-15-8-4-2-5-9-15/h2-11,14H,12-13H2,1H3,(H,20,22,23)/t14-/m0/s1. The summed E-state index contributed by atoms with van der Waals surface area (Å²) in [6.45, 7) is 2.05. The fourth-order valence-electron chi connectivity index (χ4n) is 2.49. The number of carbonyl (C=O) groups is 1. The lowest BCUT2D eigenvalue weighted by Gasteiger charge is -2.10. The number of nitrogens with one attached hydrogen (secondary N) is 1. The second kappa shape index (κ2) is 7.84. The van der Waals surface area contributed by atoms with E-state index in [2.05, 4.69) is 34.6 Å². The van der Waals surface area contributed by atoms with Crippen LogP contribution >= 0.6 is 11.3 Å². The van der Waals surface area contributed by atoms with Crippen LogP contribution in [0, 0.1) is 0 Å². The van der Waals surface area contributed by atoms with Crippen LogP contribution in [-0.2, 0) is 11.2 Å². The third-order valence-corrected chi connectivity index (χ3v) is 4.61. The molecule has 1 aromatic heterocycles. The Morgan fingerprint density at radius 1 is 1.04 bits per heavy atom. The van der Waals surface area contributed by atoms with E-state index in [0.717, 1.165) is 17.0 Å². The minimum atomic E-state index is -0.0336. The van der Waals surface area contributed by atoms with E-state index in [0.29, 0.717) is 11.6 Å². The van der Waals surface area contributed by atoms with Gasteiger partial charge in [-0.1, -0.05) is 78.9 Å². The van der Waals surface area contributed by atoms with Crippen molar-refractivity contribution in [3.8, 4) is 0 Å². The van der Waals surface area contributed by atoms with Crippen LogP contribution in [0.5, 0.6) is 0 Å². The van der Waals surface area contributed by atoms with Gasteiger partial charge in [-0.05, 0) is 17.0 Å². The summed E-state index contributed by atoms with van der Waals surface area (Å²) in [5.74, 6) is 0.136. The van der Waals surface area contributed by atoms with Gasteiger partial charge in [0.05, 0.1) is 0 Å². The summed E-state index contributed by atoms with van der Waals surface area (Å²) in [5, 5.41) is 12.5. The van der Waals surface area contributed by atoms with E-state index < -0.39 is 0 Å². The molecule has 0 bridgehead atoms. The van der Waals surface area contributed by atoms with Crippen molar-refractivity contribution in [3.05, 3.63) is 76.8 Å². The summed E-state index contributed by atoms with van der Waals surface area (Å²) in [6, 6.07) is 20.2. The maximum absolute atomic E-state index is 12.2. The Hall–Kier alpha value is -2.53. The van der Waals surface area contributed by atoms with Crippen molar-refractivity contribution >= 4 is 22.4 Å². The first-order valence-corrected chi connectivity index (χ1v) is 8.73. The van der Waals surface area contributed by atoms with Crippen LogP contribution in [-0.4, -0.2) is 16.1 Å². The Labute approximate surface area is 145 Å². The first-order valence-electron chi connectivity index (χ1n) is 7.92. The van der Waals surface area contributed by atoms with Gasteiger partial charge in [0.2, 0.25) is 11.0 Å². The third-order valence-electron chi connectivity index (χ3n) is 3.77. The molecule has 1 N–H and O–H groups in total. The van der Waals surface area contributed by atoms with Crippen molar-refractivity contribution in [2.75, 3.05) is 5.32 Å². The van der Waals surface area contributed by atoms with E-state index in [1.54, 1.807) is 0 Å². The predicted octanol–water partition coefficient (Wildman–Crippen LogP) is 4.26. The highest BCUT2D eigenvalue weighted by Gasteiger charge is 2.13. The molecule has 1 amide bonds. The number of hydrogen-bond acceptors (Lipinski definition) is 4. The van der Waals surface area contributed by atoms with Crippen LogP contribution < -0.4 is 5.32 Å². The predicted molar refractivity (Wildman–Crippen MR) is 97.3 cm³/mol. The van der Waals surface area contributed by atoms with Crippen LogP contribution in [0.3, 0.4) is 0 Å². The van der Waals surface area contributed by atoms with Crippen molar-refractivity contribution in [1.82, 2.24) is 10.2 Å². The smallest absolute Gasteiger partial charge is 0.226 e. The van der Waals surface area contributed by atoms with Gasteiger partial charge < -0.3 is 5.32 Å². The Kier molecular flexibility index (Phi) is 5.33. The van der Waals surface area contributed by atoms with E-state index in [-0.39, 0.29) is 11.8 Å². The molecule has 0 saturated carbocycles. The third kappa shape index (κ3) is 4.49. The fourth-order valence-corrected chi connectivity index (χ4v) is 3.28. The van der Waals surface area contributed by atoms with E-state index in [1.165, 1.54) is 16.9 Å². The second-order valence-corrected chi connectivity index (χ2v) is 6.79. The molecule has 4 nitrogen and oxygen atoms in total. The quantitative estimate of drug-likeness (QED) is 0.731. The van der Waals surface area contributed by atoms with E-state index in [9.17, 15) is 4.79 Å². The summed E-state index contributed by atoms with van der Waals surface area (Å²) >= 11 is 1.42. The van der Waals surface area contributed by atoms with Crippen LogP contribution in [0.15, 0.2) is 60.7 Å². The molecule has 1 heterocycles. The van der Waals surface area contributed by atoms with Gasteiger partial charge in [0.15, 0.2) is 0 Å². The molecular formula is C19H19N3OS. The van der Waals surface area contributed by atoms with Gasteiger partial charge in [-0.25, -0.2) is 0 Å². The average molecular weight is 337 g/mol. The topological polar surface area (TPSA) is 54.9 Å². The zero-order valence-corrected chi connectivity index (χ0v) is 14.3. The molecule has 5 heteroatoms. The number of anilines is 1. The Morgan fingerprint density at radius 2 is 1.71 bits per heavy atom. The molecule has 0 radical (unpaired) electrons. The summed E-state index contributed by atoms with van der Waals surface area (Å²) in [5.41, 5.74) is 2.35. The second-order valence-electron chi connectivity index (χ2n) is 5.73. The normalized spacial score (nSPS) is 11.9. The molecule has 24 heavy (non-hydrogen) atoms. The zero-order valence-electron chi connectivity index (χ0n) is 13.5. The maximum atomic E-state index is 12.2. The lowest BCUT2D eigenvalue weighted by atomic mass is 9.98.